The lowest BCUT2D eigenvalue weighted by atomic mass is 9.76. The van der Waals surface area contributed by atoms with E-state index < -0.39 is 0 Å². The molecule has 0 atom stereocenters. The van der Waals surface area contributed by atoms with E-state index in [2.05, 4.69) is 27.7 Å². The maximum atomic E-state index is 11.7. The van der Waals surface area contributed by atoms with Crippen molar-refractivity contribution in [2.24, 2.45) is 17.3 Å². The van der Waals surface area contributed by atoms with Crippen LogP contribution in [0.2, 0.25) is 0 Å². The van der Waals surface area contributed by atoms with Crippen LogP contribution in [-0.4, -0.2) is 13.1 Å². The van der Waals surface area contributed by atoms with Gasteiger partial charge in [-0.05, 0) is 31.6 Å². The SMILES string of the molecule is COC(=O)C(C)(CC(C)C)CC(C)C. The van der Waals surface area contributed by atoms with E-state index in [1.165, 1.54) is 7.11 Å². The Hall–Kier alpha value is -0.530. The molecule has 0 heterocycles. The average molecular weight is 200 g/mol. The Morgan fingerprint density at radius 2 is 1.50 bits per heavy atom. The van der Waals surface area contributed by atoms with Gasteiger partial charge in [0.2, 0.25) is 0 Å². The molecule has 0 N–H and O–H groups in total. The van der Waals surface area contributed by atoms with Gasteiger partial charge in [-0.3, -0.25) is 4.79 Å². The molecule has 0 rings (SSSR count). The fraction of sp³-hybridized carbons (Fsp3) is 0.917. The van der Waals surface area contributed by atoms with Crippen molar-refractivity contribution >= 4 is 5.97 Å². The molecule has 14 heavy (non-hydrogen) atoms. The number of rotatable bonds is 5. The zero-order valence-corrected chi connectivity index (χ0v) is 10.4. The second-order valence-electron chi connectivity index (χ2n) is 5.25. The van der Waals surface area contributed by atoms with Gasteiger partial charge in [-0.1, -0.05) is 27.7 Å². The summed E-state index contributed by atoms with van der Waals surface area (Å²) in [5.74, 6) is 0.982. The van der Waals surface area contributed by atoms with Gasteiger partial charge in [0.05, 0.1) is 12.5 Å². The average Bonchev–Trinajstić information content (AvgIpc) is 1.99. The third-order valence-electron chi connectivity index (χ3n) is 2.40. The summed E-state index contributed by atoms with van der Waals surface area (Å²) in [6, 6.07) is 0. The first-order valence-corrected chi connectivity index (χ1v) is 5.40. The van der Waals surface area contributed by atoms with Crippen molar-refractivity contribution in [3.8, 4) is 0 Å². The Balaban J connectivity index is 4.57. The van der Waals surface area contributed by atoms with Crippen LogP contribution in [0.5, 0.6) is 0 Å². The summed E-state index contributed by atoms with van der Waals surface area (Å²) in [6.07, 6.45) is 1.80. The van der Waals surface area contributed by atoms with Crippen molar-refractivity contribution < 1.29 is 9.53 Å². The first-order valence-electron chi connectivity index (χ1n) is 5.40. The second-order valence-corrected chi connectivity index (χ2v) is 5.25. The molecule has 0 saturated carbocycles. The van der Waals surface area contributed by atoms with E-state index in [1.54, 1.807) is 0 Å². The maximum Gasteiger partial charge on any atom is 0.311 e. The van der Waals surface area contributed by atoms with E-state index in [-0.39, 0.29) is 11.4 Å². The van der Waals surface area contributed by atoms with Crippen molar-refractivity contribution in [1.82, 2.24) is 0 Å². The molecule has 0 aliphatic rings. The molecule has 84 valence electrons. The van der Waals surface area contributed by atoms with Crippen LogP contribution in [-0.2, 0) is 9.53 Å². The first kappa shape index (κ1) is 13.5. The standard InChI is InChI=1S/C12H24O2/c1-9(2)7-12(5,8-10(3)4)11(13)14-6/h9-10H,7-8H2,1-6H3. The van der Waals surface area contributed by atoms with Crippen LogP contribution >= 0.6 is 0 Å². The molecular weight excluding hydrogens is 176 g/mol. The molecule has 0 aromatic carbocycles. The smallest absolute Gasteiger partial charge is 0.311 e. The Morgan fingerprint density at radius 3 is 1.71 bits per heavy atom. The molecule has 0 aliphatic heterocycles. The van der Waals surface area contributed by atoms with Gasteiger partial charge in [-0.15, -0.1) is 0 Å². The van der Waals surface area contributed by atoms with E-state index in [1.807, 2.05) is 6.92 Å². The molecule has 0 aliphatic carbocycles. The van der Waals surface area contributed by atoms with Gasteiger partial charge in [-0.25, -0.2) is 0 Å². The molecule has 0 radical (unpaired) electrons. The minimum absolute atomic E-state index is 0.0695. The number of hydrogen-bond donors (Lipinski definition) is 0. The van der Waals surface area contributed by atoms with Crippen molar-refractivity contribution in [3.63, 3.8) is 0 Å². The lowest BCUT2D eigenvalue weighted by molar-refractivity contribution is -0.153. The predicted molar refractivity (Wildman–Crippen MR) is 59.0 cm³/mol. The Morgan fingerprint density at radius 1 is 1.14 bits per heavy atom. The van der Waals surface area contributed by atoms with Crippen LogP contribution in [0.25, 0.3) is 0 Å². The van der Waals surface area contributed by atoms with Gasteiger partial charge < -0.3 is 4.74 Å². The zero-order chi connectivity index (χ0) is 11.4. The minimum atomic E-state index is -0.308. The number of ether oxygens (including phenoxy) is 1. The summed E-state index contributed by atoms with van der Waals surface area (Å²) in [6.45, 7) is 10.6. The fourth-order valence-corrected chi connectivity index (χ4v) is 2.30. The minimum Gasteiger partial charge on any atom is -0.469 e. The second kappa shape index (κ2) is 5.38. The van der Waals surface area contributed by atoms with E-state index in [0.29, 0.717) is 11.8 Å². The third-order valence-corrected chi connectivity index (χ3v) is 2.40. The highest BCUT2D eigenvalue weighted by Gasteiger charge is 2.35. The first-order chi connectivity index (χ1) is 6.31. The van der Waals surface area contributed by atoms with Gasteiger partial charge >= 0.3 is 5.97 Å². The zero-order valence-electron chi connectivity index (χ0n) is 10.4. The highest BCUT2D eigenvalue weighted by Crippen LogP contribution is 2.34. The predicted octanol–water partition coefficient (Wildman–Crippen LogP) is 3.26. The van der Waals surface area contributed by atoms with Crippen LogP contribution in [0.15, 0.2) is 0 Å². The maximum absolute atomic E-state index is 11.7. The molecule has 0 unspecified atom stereocenters. The highest BCUT2D eigenvalue weighted by molar-refractivity contribution is 5.76. The van der Waals surface area contributed by atoms with Crippen molar-refractivity contribution in [2.75, 3.05) is 7.11 Å². The summed E-state index contributed by atoms with van der Waals surface area (Å²) >= 11 is 0. The molecule has 0 aromatic heterocycles. The number of hydrogen-bond acceptors (Lipinski definition) is 2. The van der Waals surface area contributed by atoms with E-state index in [0.717, 1.165) is 12.8 Å². The number of methoxy groups -OCH3 is 1. The van der Waals surface area contributed by atoms with Gasteiger partial charge in [-0.2, -0.15) is 0 Å². The van der Waals surface area contributed by atoms with E-state index in [9.17, 15) is 4.79 Å². The molecular formula is C12H24O2. The van der Waals surface area contributed by atoms with Crippen LogP contribution in [0.4, 0.5) is 0 Å². The number of carbonyl (C=O) groups is 1. The van der Waals surface area contributed by atoms with Crippen LogP contribution in [0.3, 0.4) is 0 Å². The van der Waals surface area contributed by atoms with E-state index >= 15 is 0 Å². The topological polar surface area (TPSA) is 26.3 Å². The molecule has 0 spiro atoms. The third kappa shape index (κ3) is 4.12. The number of esters is 1. The largest absolute Gasteiger partial charge is 0.469 e. The van der Waals surface area contributed by atoms with Gasteiger partial charge in [0.25, 0.3) is 0 Å². The van der Waals surface area contributed by atoms with Crippen LogP contribution in [0.1, 0.15) is 47.5 Å². The molecule has 2 nitrogen and oxygen atoms in total. The molecule has 0 saturated heterocycles. The lowest BCUT2D eigenvalue weighted by Crippen LogP contribution is -2.32. The summed E-state index contributed by atoms with van der Waals surface area (Å²) in [4.78, 5) is 11.7. The van der Waals surface area contributed by atoms with Gasteiger partial charge in [0.1, 0.15) is 0 Å². The monoisotopic (exact) mass is 200 g/mol. The lowest BCUT2D eigenvalue weighted by Gasteiger charge is -2.30. The van der Waals surface area contributed by atoms with Gasteiger partial charge in [0.15, 0.2) is 0 Å². The Labute approximate surface area is 88.0 Å². The summed E-state index contributed by atoms with van der Waals surface area (Å²) in [7, 11) is 1.47. The Bertz CT molecular complexity index is 173. The molecule has 0 fully saturated rings. The highest BCUT2D eigenvalue weighted by atomic mass is 16.5. The quantitative estimate of drug-likeness (QED) is 0.637. The van der Waals surface area contributed by atoms with E-state index in [4.69, 9.17) is 4.74 Å². The van der Waals surface area contributed by atoms with Crippen molar-refractivity contribution in [1.29, 1.82) is 0 Å². The Kier molecular flexibility index (Phi) is 5.17. The van der Waals surface area contributed by atoms with Gasteiger partial charge in [0, 0.05) is 0 Å². The molecule has 0 amide bonds. The number of carbonyl (C=O) groups excluding carboxylic acids is 1. The fourth-order valence-electron chi connectivity index (χ4n) is 2.30. The van der Waals surface area contributed by atoms with Crippen molar-refractivity contribution in [3.05, 3.63) is 0 Å². The summed E-state index contributed by atoms with van der Waals surface area (Å²) in [5, 5.41) is 0. The molecule has 0 bridgehead atoms. The van der Waals surface area contributed by atoms with Crippen LogP contribution < -0.4 is 0 Å². The summed E-state index contributed by atoms with van der Waals surface area (Å²) < 4.78 is 4.88. The van der Waals surface area contributed by atoms with Crippen molar-refractivity contribution in [2.45, 2.75) is 47.5 Å². The summed E-state index contributed by atoms with van der Waals surface area (Å²) in [5.41, 5.74) is -0.308. The molecule has 2 heteroatoms. The van der Waals surface area contributed by atoms with Crippen LogP contribution in [0, 0.1) is 17.3 Å². The molecule has 0 aromatic rings. The normalized spacial score (nSPS) is 12.3.